The summed E-state index contributed by atoms with van der Waals surface area (Å²) in [7, 11) is 0. The van der Waals surface area contributed by atoms with Gasteiger partial charge in [0.05, 0.1) is 0 Å². The molecule has 3 nitrogen and oxygen atoms in total. The third-order valence-corrected chi connectivity index (χ3v) is 5.70. The first-order valence-electron chi connectivity index (χ1n) is 6.70. The third kappa shape index (κ3) is 3.99. The van der Waals surface area contributed by atoms with Gasteiger partial charge >= 0.3 is 0 Å². The molecule has 1 aromatic heterocycles. The highest BCUT2D eigenvalue weighted by atomic mass is 79.9. The van der Waals surface area contributed by atoms with Gasteiger partial charge in [0.25, 0.3) is 5.91 Å². The fourth-order valence-electron chi connectivity index (χ4n) is 1.90. The number of rotatable bonds is 5. The zero-order valence-corrected chi connectivity index (χ0v) is 14.3. The van der Waals surface area contributed by atoms with Crippen LogP contribution in [0.2, 0.25) is 4.34 Å². The third-order valence-electron chi connectivity index (χ3n) is 3.22. The standard InChI is InChI=1S/C15H14BrClN2OS/c16-13-7-12(21-14(13)17)8-18-10-3-1-9(2-4-10)15(20)19-11-5-6-11/h1-4,7,11,18H,5-6,8H2,(H,19,20). The molecule has 0 radical (unpaired) electrons. The smallest absolute Gasteiger partial charge is 0.251 e. The minimum absolute atomic E-state index is 0.0121. The lowest BCUT2D eigenvalue weighted by Crippen LogP contribution is -2.25. The lowest BCUT2D eigenvalue weighted by Gasteiger charge is -2.07. The molecular formula is C15H14BrClN2OS. The monoisotopic (exact) mass is 384 g/mol. The molecule has 0 aliphatic heterocycles. The molecule has 21 heavy (non-hydrogen) atoms. The van der Waals surface area contributed by atoms with Gasteiger partial charge in [-0.1, -0.05) is 11.6 Å². The molecule has 110 valence electrons. The van der Waals surface area contributed by atoms with Gasteiger partial charge in [-0.05, 0) is 59.1 Å². The molecule has 1 aliphatic rings. The number of hydrogen-bond acceptors (Lipinski definition) is 3. The van der Waals surface area contributed by atoms with Gasteiger partial charge in [0.1, 0.15) is 4.34 Å². The fourth-order valence-corrected chi connectivity index (χ4v) is 3.63. The number of carbonyl (C=O) groups is 1. The van der Waals surface area contributed by atoms with E-state index in [1.165, 1.54) is 0 Å². The van der Waals surface area contributed by atoms with E-state index in [4.69, 9.17) is 11.6 Å². The van der Waals surface area contributed by atoms with Crippen molar-refractivity contribution in [3.63, 3.8) is 0 Å². The van der Waals surface area contributed by atoms with Crippen molar-refractivity contribution in [2.75, 3.05) is 5.32 Å². The van der Waals surface area contributed by atoms with E-state index in [0.717, 1.165) is 32.2 Å². The molecule has 0 bridgehead atoms. The van der Waals surface area contributed by atoms with Gasteiger partial charge in [-0.25, -0.2) is 0 Å². The highest BCUT2D eigenvalue weighted by Gasteiger charge is 2.23. The predicted molar refractivity (Wildman–Crippen MR) is 91.3 cm³/mol. The molecule has 0 saturated heterocycles. The summed E-state index contributed by atoms with van der Waals surface area (Å²) in [5, 5.41) is 6.30. The van der Waals surface area contributed by atoms with Crippen molar-refractivity contribution < 1.29 is 4.79 Å². The summed E-state index contributed by atoms with van der Waals surface area (Å²) >= 11 is 11.0. The van der Waals surface area contributed by atoms with Crippen LogP contribution in [0.25, 0.3) is 0 Å². The maximum Gasteiger partial charge on any atom is 0.251 e. The molecule has 0 atom stereocenters. The molecule has 2 aromatic rings. The van der Waals surface area contributed by atoms with Crippen LogP contribution in [-0.4, -0.2) is 11.9 Å². The molecule has 1 saturated carbocycles. The molecule has 1 aliphatic carbocycles. The largest absolute Gasteiger partial charge is 0.380 e. The highest BCUT2D eigenvalue weighted by Crippen LogP contribution is 2.32. The average Bonchev–Trinajstić information content (AvgIpc) is 3.23. The van der Waals surface area contributed by atoms with Crippen LogP contribution in [0, 0.1) is 0 Å². The lowest BCUT2D eigenvalue weighted by atomic mass is 10.2. The molecule has 1 amide bonds. The van der Waals surface area contributed by atoms with E-state index in [0.29, 0.717) is 18.2 Å². The summed E-state index contributed by atoms with van der Waals surface area (Å²) < 4.78 is 1.69. The second kappa shape index (κ2) is 6.38. The van der Waals surface area contributed by atoms with Crippen molar-refractivity contribution in [2.24, 2.45) is 0 Å². The Bertz CT molecular complexity index is 633. The normalized spacial score (nSPS) is 14.0. The Morgan fingerprint density at radius 2 is 2.05 bits per heavy atom. The van der Waals surface area contributed by atoms with Crippen molar-refractivity contribution in [2.45, 2.75) is 25.4 Å². The van der Waals surface area contributed by atoms with Crippen molar-refractivity contribution in [1.82, 2.24) is 5.32 Å². The SMILES string of the molecule is O=C(NC1CC1)c1ccc(NCc2cc(Br)c(Cl)s2)cc1. The molecule has 0 unspecified atom stereocenters. The Morgan fingerprint density at radius 3 is 2.62 bits per heavy atom. The number of carbonyl (C=O) groups excluding carboxylic acids is 1. The van der Waals surface area contributed by atoms with Crippen molar-refractivity contribution >= 4 is 50.5 Å². The Kier molecular flexibility index (Phi) is 4.52. The van der Waals surface area contributed by atoms with E-state index >= 15 is 0 Å². The maximum absolute atomic E-state index is 11.9. The molecule has 3 rings (SSSR count). The first-order valence-corrected chi connectivity index (χ1v) is 8.69. The van der Waals surface area contributed by atoms with Crippen LogP contribution < -0.4 is 10.6 Å². The maximum atomic E-state index is 11.9. The Labute approximate surface area is 140 Å². The second-order valence-electron chi connectivity index (χ2n) is 5.01. The van der Waals surface area contributed by atoms with Crippen LogP contribution in [0.3, 0.4) is 0 Å². The van der Waals surface area contributed by atoms with Gasteiger partial charge in [0.15, 0.2) is 0 Å². The number of thiophene rings is 1. The van der Waals surface area contributed by atoms with Gasteiger partial charge in [-0.2, -0.15) is 0 Å². The van der Waals surface area contributed by atoms with Crippen molar-refractivity contribution in [3.05, 3.63) is 49.6 Å². The number of anilines is 1. The Balaban J connectivity index is 1.57. The van der Waals surface area contributed by atoms with E-state index in [1.54, 1.807) is 11.3 Å². The summed E-state index contributed by atoms with van der Waals surface area (Å²) in [5.74, 6) is 0.0121. The van der Waals surface area contributed by atoms with Gasteiger partial charge in [-0.3, -0.25) is 4.79 Å². The van der Waals surface area contributed by atoms with Crippen LogP contribution in [0.4, 0.5) is 5.69 Å². The molecule has 0 spiro atoms. The number of amides is 1. The minimum Gasteiger partial charge on any atom is -0.380 e. The zero-order chi connectivity index (χ0) is 14.8. The number of hydrogen-bond donors (Lipinski definition) is 2. The molecular weight excluding hydrogens is 372 g/mol. The predicted octanol–water partition coefficient (Wildman–Crippen LogP) is 4.67. The molecule has 1 aromatic carbocycles. The molecule has 2 N–H and O–H groups in total. The van der Waals surface area contributed by atoms with Crippen molar-refractivity contribution in [3.8, 4) is 0 Å². The average molecular weight is 386 g/mol. The quantitative estimate of drug-likeness (QED) is 0.785. The Morgan fingerprint density at radius 1 is 1.33 bits per heavy atom. The van der Waals surface area contributed by atoms with Gasteiger partial charge in [0.2, 0.25) is 0 Å². The van der Waals surface area contributed by atoms with Crippen LogP contribution in [0.1, 0.15) is 28.1 Å². The second-order valence-corrected chi connectivity index (χ2v) is 7.61. The van der Waals surface area contributed by atoms with Gasteiger partial charge < -0.3 is 10.6 Å². The van der Waals surface area contributed by atoms with E-state index in [9.17, 15) is 4.79 Å². The van der Waals surface area contributed by atoms with Crippen LogP contribution in [-0.2, 0) is 6.54 Å². The first-order chi connectivity index (χ1) is 10.1. The molecule has 1 fully saturated rings. The summed E-state index contributed by atoms with van der Waals surface area (Å²) in [6.07, 6.45) is 2.20. The van der Waals surface area contributed by atoms with E-state index in [1.807, 2.05) is 30.3 Å². The summed E-state index contributed by atoms with van der Waals surface area (Å²) in [4.78, 5) is 13.0. The number of nitrogens with one attached hydrogen (secondary N) is 2. The van der Waals surface area contributed by atoms with Gasteiger partial charge in [0, 0.05) is 33.2 Å². The summed E-state index contributed by atoms with van der Waals surface area (Å²) in [6.45, 7) is 0.712. The van der Waals surface area contributed by atoms with Crippen molar-refractivity contribution in [1.29, 1.82) is 0 Å². The minimum atomic E-state index is 0.0121. The highest BCUT2D eigenvalue weighted by molar-refractivity contribution is 9.10. The number of halogens is 2. The summed E-state index contributed by atoms with van der Waals surface area (Å²) in [5.41, 5.74) is 1.69. The fraction of sp³-hybridized carbons (Fsp3) is 0.267. The first kappa shape index (κ1) is 14.9. The van der Waals surface area contributed by atoms with Crippen LogP contribution in [0.15, 0.2) is 34.8 Å². The number of benzene rings is 1. The van der Waals surface area contributed by atoms with Gasteiger partial charge in [-0.15, -0.1) is 11.3 Å². The topological polar surface area (TPSA) is 41.1 Å². The van der Waals surface area contributed by atoms with Crippen LogP contribution in [0.5, 0.6) is 0 Å². The van der Waals surface area contributed by atoms with Crippen LogP contribution >= 0.6 is 38.9 Å². The van der Waals surface area contributed by atoms with E-state index in [-0.39, 0.29) is 5.91 Å². The van der Waals surface area contributed by atoms with E-state index < -0.39 is 0 Å². The lowest BCUT2D eigenvalue weighted by molar-refractivity contribution is 0.0951. The molecule has 6 heteroatoms. The molecule has 1 heterocycles. The summed E-state index contributed by atoms with van der Waals surface area (Å²) in [6, 6.07) is 9.93. The van der Waals surface area contributed by atoms with E-state index in [2.05, 4.69) is 26.6 Å². The zero-order valence-electron chi connectivity index (χ0n) is 11.2. The Hall–Kier alpha value is -1.04.